The summed E-state index contributed by atoms with van der Waals surface area (Å²) in [5.41, 5.74) is 2.55. The molecule has 4 aromatic rings. The topological polar surface area (TPSA) is 82.6 Å². The molecule has 0 radical (unpaired) electrons. The van der Waals surface area contributed by atoms with Crippen LogP contribution in [0.2, 0.25) is 0 Å². The van der Waals surface area contributed by atoms with Gasteiger partial charge in [-0.1, -0.05) is 30.0 Å². The molecule has 0 bridgehead atoms. The van der Waals surface area contributed by atoms with E-state index in [1.165, 1.54) is 11.8 Å². The molecule has 1 aliphatic rings. The van der Waals surface area contributed by atoms with Crippen molar-refractivity contribution in [2.75, 3.05) is 33.4 Å². The van der Waals surface area contributed by atoms with Crippen LogP contribution in [0.1, 0.15) is 15.9 Å². The van der Waals surface area contributed by atoms with Gasteiger partial charge < -0.3 is 18.8 Å². The van der Waals surface area contributed by atoms with Gasteiger partial charge >= 0.3 is 0 Å². The lowest BCUT2D eigenvalue weighted by molar-refractivity contribution is 0.0302. The Bertz CT molecular complexity index is 1250. The molecular formula is C25H24N4O4S. The molecule has 0 aliphatic carbocycles. The summed E-state index contributed by atoms with van der Waals surface area (Å²) in [6, 6.07) is 19.1. The summed E-state index contributed by atoms with van der Waals surface area (Å²) in [7, 11) is 1.64. The molecule has 5 rings (SSSR count). The summed E-state index contributed by atoms with van der Waals surface area (Å²) in [5.74, 6) is 2.60. The van der Waals surface area contributed by atoms with E-state index in [0.29, 0.717) is 54.4 Å². The molecule has 1 fully saturated rings. The molecule has 0 N–H and O–H groups in total. The van der Waals surface area contributed by atoms with Gasteiger partial charge in [-0.05, 0) is 48.0 Å². The Morgan fingerprint density at radius 2 is 1.82 bits per heavy atom. The quantitative estimate of drug-likeness (QED) is 0.368. The molecule has 0 unspecified atom stereocenters. The first-order valence-electron chi connectivity index (χ1n) is 11.0. The highest BCUT2D eigenvalue weighted by atomic mass is 32.2. The van der Waals surface area contributed by atoms with E-state index in [-0.39, 0.29) is 5.91 Å². The number of nitrogens with zero attached hydrogens (tertiary/aromatic N) is 4. The molecule has 1 aliphatic heterocycles. The second kappa shape index (κ2) is 10.1. The molecular weight excluding hydrogens is 452 g/mol. The van der Waals surface area contributed by atoms with Gasteiger partial charge in [0, 0.05) is 24.4 Å². The van der Waals surface area contributed by atoms with Crippen molar-refractivity contribution in [3.8, 4) is 23.0 Å². The number of morpholine rings is 1. The van der Waals surface area contributed by atoms with Gasteiger partial charge in [-0.25, -0.2) is 0 Å². The van der Waals surface area contributed by atoms with Crippen LogP contribution in [-0.2, 0) is 10.5 Å². The Morgan fingerprint density at radius 3 is 2.56 bits per heavy atom. The minimum absolute atomic E-state index is 0.0346. The largest absolute Gasteiger partial charge is 0.497 e. The van der Waals surface area contributed by atoms with Crippen molar-refractivity contribution in [2.24, 2.45) is 0 Å². The Labute approximate surface area is 201 Å². The summed E-state index contributed by atoms with van der Waals surface area (Å²) >= 11 is 1.52. The van der Waals surface area contributed by atoms with E-state index in [2.05, 4.69) is 10.2 Å². The van der Waals surface area contributed by atoms with E-state index in [9.17, 15) is 4.79 Å². The molecule has 2 aromatic carbocycles. The molecule has 2 aromatic heterocycles. The SMILES string of the molecule is COc1ccc(-n2c(SCc3ccccc3C(=O)N3CCOCC3)nnc2-c2ccco2)cc1. The van der Waals surface area contributed by atoms with E-state index in [0.717, 1.165) is 17.0 Å². The number of carbonyl (C=O) groups is 1. The minimum Gasteiger partial charge on any atom is -0.497 e. The molecule has 174 valence electrons. The van der Waals surface area contributed by atoms with Crippen LogP contribution in [0.4, 0.5) is 0 Å². The third-order valence-corrected chi connectivity index (χ3v) is 6.59. The van der Waals surface area contributed by atoms with E-state index < -0.39 is 0 Å². The molecule has 8 nitrogen and oxygen atoms in total. The van der Waals surface area contributed by atoms with Gasteiger partial charge in [0.05, 0.1) is 32.3 Å². The van der Waals surface area contributed by atoms with Crippen molar-refractivity contribution in [1.82, 2.24) is 19.7 Å². The highest BCUT2D eigenvalue weighted by molar-refractivity contribution is 7.98. The van der Waals surface area contributed by atoms with Crippen LogP contribution in [0.15, 0.2) is 76.5 Å². The van der Waals surface area contributed by atoms with Crippen LogP contribution in [0.25, 0.3) is 17.3 Å². The predicted octanol–water partition coefficient (Wildman–Crippen LogP) is 4.30. The van der Waals surface area contributed by atoms with Crippen molar-refractivity contribution < 1.29 is 18.7 Å². The summed E-state index contributed by atoms with van der Waals surface area (Å²) in [6.07, 6.45) is 1.61. The maximum Gasteiger partial charge on any atom is 0.254 e. The molecule has 0 atom stereocenters. The summed E-state index contributed by atoms with van der Waals surface area (Å²) in [4.78, 5) is 15.0. The second-order valence-corrected chi connectivity index (χ2v) is 8.61. The molecule has 3 heterocycles. The first-order chi connectivity index (χ1) is 16.7. The van der Waals surface area contributed by atoms with E-state index in [1.54, 1.807) is 13.4 Å². The van der Waals surface area contributed by atoms with Crippen molar-refractivity contribution in [3.05, 3.63) is 78.1 Å². The van der Waals surface area contributed by atoms with Gasteiger partial charge in [0.1, 0.15) is 5.75 Å². The highest BCUT2D eigenvalue weighted by Crippen LogP contribution is 2.31. The number of hydrogen-bond acceptors (Lipinski definition) is 7. The summed E-state index contributed by atoms with van der Waals surface area (Å²) in [5, 5.41) is 9.54. The number of hydrogen-bond donors (Lipinski definition) is 0. The zero-order valence-corrected chi connectivity index (χ0v) is 19.5. The zero-order chi connectivity index (χ0) is 23.3. The Kier molecular flexibility index (Phi) is 6.64. The second-order valence-electron chi connectivity index (χ2n) is 7.67. The van der Waals surface area contributed by atoms with Crippen LogP contribution in [0.5, 0.6) is 5.75 Å². The van der Waals surface area contributed by atoms with E-state index in [4.69, 9.17) is 13.9 Å². The number of benzene rings is 2. The molecule has 1 amide bonds. The molecule has 0 spiro atoms. The lowest BCUT2D eigenvalue weighted by atomic mass is 10.1. The van der Waals surface area contributed by atoms with Crippen LogP contribution in [0.3, 0.4) is 0 Å². The molecule has 34 heavy (non-hydrogen) atoms. The monoisotopic (exact) mass is 476 g/mol. The van der Waals surface area contributed by atoms with E-state index >= 15 is 0 Å². The standard InChI is InChI=1S/C25H24N4O4S/c1-31-20-10-8-19(9-11-20)29-23(22-7-4-14-33-22)26-27-25(29)34-17-18-5-2-3-6-21(18)24(30)28-12-15-32-16-13-28/h2-11,14H,12-13,15-17H2,1H3. The average molecular weight is 477 g/mol. The number of ether oxygens (including phenoxy) is 2. The summed E-state index contributed by atoms with van der Waals surface area (Å²) < 4.78 is 18.3. The maximum absolute atomic E-state index is 13.1. The Hall–Kier alpha value is -3.56. The molecule has 9 heteroatoms. The van der Waals surface area contributed by atoms with Gasteiger partial charge in [0.2, 0.25) is 5.82 Å². The van der Waals surface area contributed by atoms with Crippen molar-refractivity contribution in [3.63, 3.8) is 0 Å². The third kappa shape index (κ3) is 4.57. The summed E-state index contributed by atoms with van der Waals surface area (Å²) in [6.45, 7) is 2.36. The number of furan rings is 1. The number of aromatic nitrogens is 3. The number of rotatable bonds is 7. The first-order valence-corrected chi connectivity index (χ1v) is 11.9. The highest BCUT2D eigenvalue weighted by Gasteiger charge is 2.22. The normalized spacial score (nSPS) is 13.7. The average Bonchev–Trinajstić information content (AvgIpc) is 3.58. The van der Waals surface area contributed by atoms with Crippen LogP contribution >= 0.6 is 11.8 Å². The first kappa shape index (κ1) is 22.2. The van der Waals surface area contributed by atoms with Crippen molar-refractivity contribution in [1.29, 1.82) is 0 Å². The van der Waals surface area contributed by atoms with Gasteiger partial charge in [-0.3, -0.25) is 9.36 Å². The van der Waals surface area contributed by atoms with Gasteiger partial charge in [-0.15, -0.1) is 10.2 Å². The van der Waals surface area contributed by atoms with Crippen LogP contribution in [-0.4, -0.2) is 59.0 Å². The Morgan fingerprint density at radius 1 is 1.03 bits per heavy atom. The lowest BCUT2D eigenvalue weighted by Crippen LogP contribution is -2.41. The predicted molar refractivity (Wildman–Crippen MR) is 128 cm³/mol. The van der Waals surface area contributed by atoms with E-state index in [1.807, 2.05) is 70.1 Å². The number of carbonyl (C=O) groups excluding carboxylic acids is 1. The maximum atomic E-state index is 13.1. The molecule has 1 saturated heterocycles. The van der Waals surface area contributed by atoms with Crippen LogP contribution < -0.4 is 4.74 Å². The number of thioether (sulfide) groups is 1. The molecule has 0 saturated carbocycles. The van der Waals surface area contributed by atoms with Crippen molar-refractivity contribution in [2.45, 2.75) is 10.9 Å². The lowest BCUT2D eigenvalue weighted by Gasteiger charge is -2.27. The fourth-order valence-corrected chi connectivity index (χ4v) is 4.78. The number of methoxy groups -OCH3 is 1. The zero-order valence-electron chi connectivity index (χ0n) is 18.7. The van der Waals surface area contributed by atoms with Crippen LogP contribution in [0, 0.1) is 0 Å². The fraction of sp³-hybridized carbons (Fsp3) is 0.240. The third-order valence-electron chi connectivity index (χ3n) is 5.61. The van der Waals surface area contributed by atoms with Crippen molar-refractivity contribution >= 4 is 17.7 Å². The van der Waals surface area contributed by atoms with Gasteiger partial charge in [0.25, 0.3) is 5.91 Å². The number of amides is 1. The fourth-order valence-electron chi connectivity index (χ4n) is 3.83. The smallest absolute Gasteiger partial charge is 0.254 e. The minimum atomic E-state index is 0.0346. The van der Waals surface area contributed by atoms with Gasteiger partial charge in [0.15, 0.2) is 10.9 Å². The Balaban J connectivity index is 1.44. The van der Waals surface area contributed by atoms with Gasteiger partial charge in [-0.2, -0.15) is 0 Å².